The minimum absolute atomic E-state index is 0.0519. The molecule has 4 N–H and O–H groups in total. The highest BCUT2D eigenvalue weighted by Crippen LogP contribution is 2.15. The van der Waals surface area contributed by atoms with Crippen LogP contribution >= 0.6 is 0 Å². The standard InChI is InChI=1S/C15H25N5O/c1-10(2)7-19(3)14-5-4-11(6-18-14)15(21)20-8-12(16)13(17)9-20/h4-6,10,12-13H,7-9,16-17H2,1-3H3/t12-,13-/m1/s1. The van der Waals surface area contributed by atoms with Crippen LogP contribution in [0.25, 0.3) is 0 Å². The molecule has 1 saturated heterocycles. The number of amides is 1. The molecule has 6 heteroatoms. The highest BCUT2D eigenvalue weighted by atomic mass is 16.2. The predicted molar refractivity (Wildman–Crippen MR) is 84.2 cm³/mol. The number of carbonyl (C=O) groups is 1. The third-order valence-electron chi connectivity index (χ3n) is 3.72. The molecule has 1 aliphatic heterocycles. The number of likely N-dealkylation sites (tertiary alicyclic amines) is 1. The lowest BCUT2D eigenvalue weighted by Crippen LogP contribution is -2.39. The van der Waals surface area contributed by atoms with Crippen molar-refractivity contribution in [1.82, 2.24) is 9.88 Å². The van der Waals surface area contributed by atoms with Crippen molar-refractivity contribution in [2.45, 2.75) is 25.9 Å². The van der Waals surface area contributed by atoms with Crippen LogP contribution in [0.1, 0.15) is 24.2 Å². The van der Waals surface area contributed by atoms with Gasteiger partial charge in [0.2, 0.25) is 0 Å². The van der Waals surface area contributed by atoms with E-state index in [1.165, 1.54) is 0 Å². The Morgan fingerprint density at radius 1 is 1.38 bits per heavy atom. The van der Waals surface area contributed by atoms with Crippen LogP contribution in [-0.4, -0.2) is 54.6 Å². The second-order valence-electron chi connectivity index (χ2n) is 6.22. The summed E-state index contributed by atoms with van der Waals surface area (Å²) < 4.78 is 0. The van der Waals surface area contributed by atoms with Crippen molar-refractivity contribution in [1.29, 1.82) is 0 Å². The second kappa shape index (κ2) is 6.41. The highest BCUT2D eigenvalue weighted by Gasteiger charge is 2.30. The summed E-state index contributed by atoms with van der Waals surface area (Å²) in [7, 11) is 2.00. The van der Waals surface area contributed by atoms with Crippen LogP contribution in [0.15, 0.2) is 18.3 Å². The van der Waals surface area contributed by atoms with E-state index in [0.717, 1.165) is 12.4 Å². The molecule has 0 radical (unpaired) electrons. The van der Waals surface area contributed by atoms with Crippen molar-refractivity contribution >= 4 is 11.7 Å². The molecule has 116 valence electrons. The molecule has 0 aromatic carbocycles. The zero-order valence-corrected chi connectivity index (χ0v) is 13.0. The molecule has 2 atom stereocenters. The molecule has 1 amide bonds. The van der Waals surface area contributed by atoms with Gasteiger partial charge in [-0.1, -0.05) is 13.8 Å². The fourth-order valence-corrected chi connectivity index (χ4v) is 2.58. The zero-order chi connectivity index (χ0) is 15.6. The van der Waals surface area contributed by atoms with Crippen LogP contribution in [0, 0.1) is 5.92 Å². The van der Waals surface area contributed by atoms with Crippen molar-refractivity contribution in [2.75, 3.05) is 31.6 Å². The zero-order valence-electron chi connectivity index (χ0n) is 13.0. The second-order valence-corrected chi connectivity index (χ2v) is 6.22. The minimum atomic E-state index is -0.140. The molecule has 2 rings (SSSR count). The summed E-state index contributed by atoms with van der Waals surface area (Å²) in [5, 5.41) is 0. The molecule has 0 spiro atoms. The predicted octanol–water partition coefficient (Wildman–Crippen LogP) is 0.284. The molecule has 1 fully saturated rings. The maximum atomic E-state index is 12.4. The van der Waals surface area contributed by atoms with Crippen molar-refractivity contribution < 1.29 is 4.79 Å². The van der Waals surface area contributed by atoms with Crippen LogP contribution < -0.4 is 16.4 Å². The van der Waals surface area contributed by atoms with E-state index >= 15 is 0 Å². The van der Waals surface area contributed by atoms with Crippen molar-refractivity contribution in [3.63, 3.8) is 0 Å². The fraction of sp³-hybridized carbons (Fsp3) is 0.600. The summed E-state index contributed by atoms with van der Waals surface area (Å²) in [5.41, 5.74) is 12.3. The minimum Gasteiger partial charge on any atom is -0.359 e. The Morgan fingerprint density at radius 2 is 2.00 bits per heavy atom. The van der Waals surface area contributed by atoms with Crippen molar-refractivity contribution in [3.8, 4) is 0 Å². The molecule has 2 heterocycles. The van der Waals surface area contributed by atoms with Gasteiger partial charge in [-0.3, -0.25) is 4.79 Å². The monoisotopic (exact) mass is 291 g/mol. The maximum Gasteiger partial charge on any atom is 0.255 e. The Balaban J connectivity index is 2.03. The van der Waals surface area contributed by atoms with E-state index in [1.807, 2.05) is 19.2 Å². The quantitative estimate of drug-likeness (QED) is 0.832. The van der Waals surface area contributed by atoms with Gasteiger partial charge in [-0.05, 0) is 18.1 Å². The molecular weight excluding hydrogens is 266 g/mol. The Hall–Kier alpha value is -1.66. The fourth-order valence-electron chi connectivity index (χ4n) is 2.58. The van der Waals surface area contributed by atoms with Crippen LogP contribution in [0.2, 0.25) is 0 Å². The molecule has 0 bridgehead atoms. The first-order valence-corrected chi connectivity index (χ1v) is 7.36. The van der Waals surface area contributed by atoms with Crippen LogP contribution in [-0.2, 0) is 0 Å². The summed E-state index contributed by atoms with van der Waals surface area (Å²) in [6, 6.07) is 3.42. The van der Waals surface area contributed by atoms with Gasteiger partial charge < -0.3 is 21.3 Å². The van der Waals surface area contributed by atoms with Crippen molar-refractivity contribution in [3.05, 3.63) is 23.9 Å². The third-order valence-corrected chi connectivity index (χ3v) is 3.72. The number of nitrogens with two attached hydrogens (primary N) is 2. The summed E-state index contributed by atoms with van der Waals surface area (Å²) in [6.07, 6.45) is 1.63. The molecular formula is C15H25N5O. The van der Waals surface area contributed by atoms with Gasteiger partial charge in [-0.25, -0.2) is 4.98 Å². The number of hydrogen-bond donors (Lipinski definition) is 2. The van der Waals surface area contributed by atoms with Gasteiger partial charge in [-0.15, -0.1) is 0 Å². The molecule has 0 saturated carbocycles. The molecule has 6 nitrogen and oxygen atoms in total. The lowest BCUT2D eigenvalue weighted by molar-refractivity contribution is 0.0789. The molecule has 0 unspecified atom stereocenters. The average molecular weight is 291 g/mol. The Bertz CT molecular complexity index is 477. The number of rotatable bonds is 4. The SMILES string of the molecule is CC(C)CN(C)c1ccc(C(=O)N2C[C@@H](N)[C@H](N)C2)cn1. The number of carbonyl (C=O) groups excluding carboxylic acids is 1. The molecule has 0 aliphatic carbocycles. The number of hydrogen-bond acceptors (Lipinski definition) is 5. The van der Waals surface area contributed by atoms with Gasteiger partial charge >= 0.3 is 0 Å². The van der Waals surface area contributed by atoms with Crippen LogP contribution in [0.4, 0.5) is 5.82 Å². The summed E-state index contributed by atoms with van der Waals surface area (Å²) in [4.78, 5) is 20.5. The largest absolute Gasteiger partial charge is 0.359 e. The van der Waals surface area contributed by atoms with Gasteiger partial charge in [0.05, 0.1) is 5.56 Å². The Labute approximate surface area is 126 Å². The smallest absolute Gasteiger partial charge is 0.255 e. The van der Waals surface area contributed by atoms with Gasteiger partial charge in [0, 0.05) is 45.0 Å². The first kappa shape index (κ1) is 15.7. The van der Waals surface area contributed by atoms with Gasteiger partial charge in [0.15, 0.2) is 0 Å². The lowest BCUT2D eigenvalue weighted by Gasteiger charge is -2.21. The Kier molecular flexibility index (Phi) is 4.80. The van der Waals surface area contributed by atoms with E-state index < -0.39 is 0 Å². The Morgan fingerprint density at radius 3 is 2.48 bits per heavy atom. The average Bonchev–Trinajstić information content (AvgIpc) is 2.77. The van der Waals surface area contributed by atoms with E-state index in [2.05, 4.69) is 23.7 Å². The molecule has 21 heavy (non-hydrogen) atoms. The molecule has 1 aromatic heterocycles. The third kappa shape index (κ3) is 3.71. The normalized spacial score (nSPS) is 21.9. The summed E-state index contributed by atoms with van der Waals surface area (Å²) in [6.45, 7) is 6.27. The van der Waals surface area contributed by atoms with Gasteiger partial charge in [0.25, 0.3) is 5.91 Å². The van der Waals surface area contributed by atoms with Gasteiger partial charge in [0.1, 0.15) is 5.82 Å². The number of nitrogens with zero attached hydrogens (tertiary/aromatic N) is 3. The summed E-state index contributed by atoms with van der Waals surface area (Å²) >= 11 is 0. The summed E-state index contributed by atoms with van der Waals surface area (Å²) in [5.74, 6) is 1.38. The van der Waals surface area contributed by atoms with E-state index in [9.17, 15) is 4.79 Å². The van der Waals surface area contributed by atoms with E-state index in [1.54, 1.807) is 11.1 Å². The highest BCUT2D eigenvalue weighted by molar-refractivity contribution is 5.94. The van der Waals surface area contributed by atoms with Crippen molar-refractivity contribution in [2.24, 2.45) is 17.4 Å². The first-order chi connectivity index (χ1) is 9.88. The van der Waals surface area contributed by atoms with E-state index in [4.69, 9.17) is 11.5 Å². The maximum absolute atomic E-state index is 12.4. The van der Waals surface area contributed by atoms with E-state index in [-0.39, 0.29) is 18.0 Å². The van der Waals surface area contributed by atoms with E-state index in [0.29, 0.717) is 24.6 Å². The van der Waals surface area contributed by atoms with Crippen LogP contribution in [0.3, 0.4) is 0 Å². The molecule has 1 aliphatic rings. The topological polar surface area (TPSA) is 88.5 Å². The molecule has 1 aromatic rings. The number of aromatic nitrogens is 1. The van der Waals surface area contributed by atoms with Crippen LogP contribution in [0.5, 0.6) is 0 Å². The first-order valence-electron chi connectivity index (χ1n) is 7.36. The number of pyridine rings is 1. The lowest BCUT2D eigenvalue weighted by atomic mass is 10.2. The van der Waals surface area contributed by atoms with Gasteiger partial charge in [-0.2, -0.15) is 0 Å². The number of anilines is 1.